The predicted molar refractivity (Wildman–Crippen MR) is 104 cm³/mol. The van der Waals surface area contributed by atoms with Crippen molar-refractivity contribution < 1.29 is 13.9 Å². The zero-order valence-electron chi connectivity index (χ0n) is 16.0. The van der Waals surface area contributed by atoms with Gasteiger partial charge in [0.2, 0.25) is 5.91 Å². The van der Waals surface area contributed by atoms with E-state index in [2.05, 4.69) is 4.90 Å². The maximum absolute atomic E-state index is 13.8. The Balaban J connectivity index is 1.49. The molecule has 2 aromatic carbocycles. The van der Waals surface area contributed by atoms with Gasteiger partial charge in [0.1, 0.15) is 11.6 Å². The number of piperidine rings is 1. The van der Waals surface area contributed by atoms with Crippen molar-refractivity contribution in [2.24, 2.45) is 5.92 Å². The molecular formula is C22H27FN2O2. The molecule has 0 radical (unpaired) electrons. The number of ether oxygens (including phenoxy) is 1. The molecule has 1 amide bonds. The van der Waals surface area contributed by atoms with Crippen LogP contribution < -0.4 is 4.74 Å². The van der Waals surface area contributed by atoms with Crippen LogP contribution in [-0.2, 0) is 17.9 Å². The van der Waals surface area contributed by atoms with Gasteiger partial charge in [-0.1, -0.05) is 30.3 Å². The molecule has 0 aromatic heterocycles. The molecule has 0 unspecified atom stereocenters. The summed E-state index contributed by atoms with van der Waals surface area (Å²) in [6.45, 7) is 2.84. The van der Waals surface area contributed by atoms with Crippen LogP contribution in [-0.4, -0.2) is 43.0 Å². The molecule has 3 rings (SSSR count). The second-order valence-corrected chi connectivity index (χ2v) is 7.18. The highest BCUT2D eigenvalue weighted by atomic mass is 19.1. The molecule has 0 saturated carbocycles. The van der Waals surface area contributed by atoms with Gasteiger partial charge in [-0.2, -0.15) is 0 Å². The maximum Gasteiger partial charge on any atom is 0.225 e. The third-order valence-electron chi connectivity index (χ3n) is 5.24. The van der Waals surface area contributed by atoms with Crippen molar-refractivity contribution in [1.29, 1.82) is 0 Å². The van der Waals surface area contributed by atoms with Gasteiger partial charge in [0.15, 0.2) is 0 Å². The number of halogens is 1. The predicted octanol–water partition coefficient (Wildman–Crippen LogP) is 3.70. The van der Waals surface area contributed by atoms with E-state index in [-0.39, 0.29) is 17.6 Å². The minimum absolute atomic E-state index is 0.0464. The van der Waals surface area contributed by atoms with Crippen LogP contribution in [0.5, 0.6) is 5.75 Å². The largest absolute Gasteiger partial charge is 0.497 e. The first kappa shape index (κ1) is 19.4. The number of rotatable bonds is 6. The van der Waals surface area contributed by atoms with Gasteiger partial charge in [-0.15, -0.1) is 0 Å². The lowest BCUT2D eigenvalue weighted by Gasteiger charge is -2.33. The van der Waals surface area contributed by atoms with Gasteiger partial charge in [-0.3, -0.25) is 9.69 Å². The average Bonchev–Trinajstić information content (AvgIpc) is 2.70. The van der Waals surface area contributed by atoms with E-state index in [1.807, 2.05) is 43.4 Å². The third-order valence-corrected chi connectivity index (χ3v) is 5.24. The molecular weight excluding hydrogens is 343 g/mol. The van der Waals surface area contributed by atoms with Crippen molar-refractivity contribution in [3.05, 3.63) is 65.5 Å². The van der Waals surface area contributed by atoms with Crippen LogP contribution in [0.2, 0.25) is 0 Å². The normalized spacial score (nSPS) is 15.5. The zero-order valence-corrected chi connectivity index (χ0v) is 16.0. The quantitative estimate of drug-likeness (QED) is 0.777. The van der Waals surface area contributed by atoms with Crippen LogP contribution in [0.25, 0.3) is 0 Å². The topological polar surface area (TPSA) is 32.8 Å². The molecule has 0 bridgehead atoms. The second kappa shape index (κ2) is 9.00. The van der Waals surface area contributed by atoms with Crippen LogP contribution >= 0.6 is 0 Å². The lowest BCUT2D eigenvalue weighted by Crippen LogP contribution is -2.40. The molecule has 144 valence electrons. The van der Waals surface area contributed by atoms with Crippen molar-refractivity contribution >= 4 is 5.91 Å². The number of benzene rings is 2. The Kier molecular flexibility index (Phi) is 6.45. The standard InChI is InChI=1S/C22H27FN2O2/c1-24(15-17-7-9-20(27-2)10-8-17)22(26)18-11-13-25(14-12-18)16-19-5-3-4-6-21(19)23/h3-10,18H,11-16H2,1-2H3. The first-order valence-corrected chi connectivity index (χ1v) is 9.40. The van der Waals surface area contributed by atoms with Crippen molar-refractivity contribution in [3.8, 4) is 5.75 Å². The number of amides is 1. The zero-order chi connectivity index (χ0) is 19.2. The average molecular weight is 370 g/mol. The summed E-state index contributed by atoms with van der Waals surface area (Å²) in [7, 11) is 3.50. The van der Waals surface area contributed by atoms with Gasteiger partial charge < -0.3 is 9.64 Å². The van der Waals surface area contributed by atoms with E-state index in [1.165, 1.54) is 6.07 Å². The van der Waals surface area contributed by atoms with E-state index < -0.39 is 0 Å². The highest BCUT2D eigenvalue weighted by Gasteiger charge is 2.27. The Labute approximate surface area is 160 Å². The Morgan fingerprint density at radius 1 is 1.15 bits per heavy atom. The van der Waals surface area contributed by atoms with Crippen molar-refractivity contribution in [2.45, 2.75) is 25.9 Å². The number of methoxy groups -OCH3 is 1. The molecule has 0 aliphatic carbocycles. The Hall–Kier alpha value is -2.40. The summed E-state index contributed by atoms with van der Waals surface area (Å²) in [4.78, 5) is 16.8. The number of nitrogens with zero attached hydrogens (tertiary/aromatic N) is 2. The molecule has 2 aromatic rings. The van der Waals surface area contributed by atoms with Crippen LogP contribution in [0.3, 0.4) is 0 Å². The fourth-order valence-corrected chi connectivity index (χ4v) is 3.60. The van der Waals surface area contributed by atoms with E-state index in [9.17, 15) is 9.18 Å². The van der Waals surface area contributed by atoms with Crippen LogP contribution in [0.15, 0.2) is 48.5 Å². The van der Waals surface area contributed by atoms with Gasteiger partial charge in [0, 0.05) is 31.6 Å². The van der Waals surface area contributed by atoms with Gasteiger partial charge in [0.05, 0.1) is 7.11 Å². The fraction of sp³-hybridized carbons (Fsp3) is 0.409. The van der Waals surface area contributed by atoms with Gasteiger partial charge in [0.25, 0.3) is 0 Å². The van der Waals surface area contributed by atoms with E-state index >= 15 is 0 Å². The van der Waals surface area contributed by atoms with E-state index in [0.29, 0.717) is 13.1 Å². The summed E-state index contributed by atoms with van der Waals surface area (Å²) >= 11 is 0. The molecule has 1 saturated heterocycles. The highest BCUT2D eigenvalue weighted by Crippen LogP contribution is 2.22. The lowest BCUT2D eigenvalue weighted by molar-refractivity contribution is -0.136. The van der Waals surface area contributed by atoms with Gasteiger partial charge >= 0.3 is 0 Å². The molecule has 1 fully saturated rings. The minimum atomic E-state index is -0.157. The van der Waals surface area contributed by atoms with Crippen LogP contribution in [0.4, 0.5) is 4.39 Å². The Bertz CT molecular complexity index is 755. The number of likely N-dealkylation sites (tertiary alicyclic amines) is 1. The molecule has 0 atom stereocenters. The number of carbonyl (C=O) groups excluding carboxylic acids is 1. The third kappa shape index (κ3) is 5.07. The summed E-state index contributed by atoms with van der Waals surface area (Å²) < 4.78 is 19.0. The molecule has 1 aliphatic heterocycles. The van der Waals surface area contributed by atoms with Crippen molar-refractivity contribution in [3.63, 3.8) is 0 Å². The molecule has 0 spiro atoms. The lowest BCUT2D eigenvalue weighted by atomic mass is 9.95. The monoisotopic (exact) mass is 370 g/mol. The number of hydrogen-bond donors (Lipinski definition) is 0. The van der Waals surface area contributed by atoms with Crippen molar-refractivity contribution in [1.82, 2.24) is 9.80 Å². The minimum Gasteiger partial charge on any atom is -0.497 e. The summed E-state index contributed by atoms with van der Waals surface area (Å²) in [5.74, 6) is 0.895. The SMILES string of the molecule is COc1ccc(CN(C)C(=O)C2CCN(Cc3ccccc3F)CC2)cc1. The molecule has 0 N–H and O–H groups in total. The second-order valence-electron chi connectivity index (χ2n) is 7.18. The molecule has 27 heavy (non-hydrogen) atoms. The summed E-state index contributed by atoms with van der Waals surface area (Å²) in [6, 6.07) is 14.7. The number of hydrogen-bond acceptors (Lipinski definition) is 3. The van der Waals surface area contributed by atoms with Crippen LogP contribution in [0, 0.1) is 11.7 Å². The van der Waals surface area contributed by atoms with Crippen LogP contribution in [0.1, 0.15) is 24.0 Å². The first-order valence-electron chi connectivity index (χ1n) is 9.40. The highest BCUT2D eigenvalue weighted by molar-refractivity contribution is 5.78. The first-order chi connectivity index (χ1) is 13.1. The summed E-state index contributed by atoms with van der Waals surface area (Å²) in [6.07, 6.45) is 1.64. The molecule has 4 nitrogen and oxygen atoms in total. The van der Waals surface area contributed by atoms with E-state index in [4.69, 9.17) is 4.74 Å². The molecule has 1 aliphatic rings. The van der Waals surface area contributed by atoms with Crippen molar-refractivity contribution in [2.75, 3.05) is 27.2 Å². The van der Waals surface area contributed by atoms with E-state index in [1.54, 1.807) is 18.1 Å². The Morgan fingerprint density at radius 3 is 2.44 bits per heavy atom. The summed E-state index contributed by atoms with van der Waals surface area (Å²) in [5.41, 5.74) is 1.81. The maximum atomic E-state index is 13.8. The Morgan fingerprint density at radius 2 is 1.81 bits per heavy atom. The summed E-state index contributed by atoms with van der Waals surface area (Å²) in [5, 5.41) is 0. The smallest absolute Gasteiger partial charge is 0.225 e. The van der Waals surface area contributed by atoms with E-state index in [0.717, 1.165) is 42.8 Å². The fourth-order valence-electron chi connectivity index (χ4n) is 3.60. The molecule has 1 heterocycles. The molecule has 5 heteroatoms. The van der Waals surface area contributed by atoms with Gasteiger partial charge in [-0.25, -0.2) is 4.39 Å². The van der Waals surface area contributed by atoms with Gasteiger partial charge in [-0.05, 0) is 49.7 Å². The number of carbonyl (C=O) groups is 1.